The van der Waals surface area contributed by atoms with E-state index in [0.29, 0.717) is 12.2 Å². The van der Waals surface area contributed by atoms with E-state index in [1.54, 1.807) is 24.0 Å². The fraction of sp³-hybridized carbons (Fsp3) is 0.467. The Morgan fingerprint density at radius 3 is 2.62 bits per heavy atom. The number of carbonyl (C=O) groups excluding carboxylic acids is 1. The van der Waals surface area contributed by atoms with Gasteiger partial charge < -0.3 is 20.2 Å². The van der Waals surface area contributed by atoms with Crippen molar-refractivity contribution < 1.29 is 14.7 Å². The lowest BCUT2D eigenvalue weighted by Gasteiger charge is -2.21. The van der Waals surface area contributed by atoms with Crippen LogP contribution in [0.25, 0.3) is 0 Å². The van der Waals surface area contributed by atoms with E-state index in [2.05, 4.69) is 17.3 Å². The number of nitrogens with zero attached hydrogens (tertiary/aromatic N) is 2. The molecule has 0 saturated carbocycles. The van der Waals surface area contributed by atoms with E-state index in [1.165, 1.54) is 6.07 Å². The number of aromatic carboxylic acids is 1. The second-order valence-electron chi connectivity index (χ2n) is 5.41. The number of anilines is 1. The normalized spacial score (nSPS) is 16.4. The highest BCUT2D eigenvalue weighted by atomic mass is 16.4. The van der Waals surface area contributed by atoms with Crippen LogP contribution in [0.5, 0.6) is 0 Å². The number of benzene rings is 1. The Hall–Kier alpha value is -2.08. The predicted molar refractivity (Wildman–Crippen MR) is 80.8 cm³/mol. The minimum atomic E-state index is -0.966. The average Bonchev–Trinajstić information content (AvgIpc) is 2.65. The molecule has 0 radical (unpaired) electrons. The number of aryl methyl sites for hydroxylation is 1. The molecular formula is C15H21N3O3. The predicted octanol–water partition coefficient (Wildman–Crippen LogP) is 1.86. The summed E-state index contributed by atoms with van der Waals surface area (Å²) in [6.07, 6.45) is 0.959. The SMILES string of the molecule is Cc1cc(C(=O)O)ccc1NC(=O)N1CCCN(C)CC1. The van der Waals surface area contributed by atoms with Gasteiger partial charge in [-0.25, -0.2) is 9.59 Å². The summed E-state index contributed by atoms with van der Waals surface area (Å²) in [6.45, 7) is 5.09. The minimum absolute atomic E-state index is 0.128. The van der Waals surface area contributed by atoms with Crippen molar-refractivity contribution in [1.29, 1.82) is 0 Å². The molecule has 21 heavy (non-hydrogen) atoms. The molecule has 1 aliphatic heterocycles. The van der Waals surface area contributed by atoms with Crippen LogP contribution in [-0.2, 0) is 0 Å². The number of carbonyl (C=O) groups is 2. The van der Waals surface area contributed by atoms with Gasteiger partial charge in [0, 0.05) is 25.3 Å². The Labute approximate surface area is 124 Å². The van der Waals surface area contributed by atoms with Crippen LogP contribution in [0, 0.1) is 6.92 Å². The third-order valence-corrected chi connectivity index (χ3v) is 3.72. The van der Waals surface area contributed by atoms with Crippen molar-refractivity contribution in [3.63, 3.8) is 0 Å². The maximum absolute atomic E-state index is 12.3. The van der Waals surface area contributed by atoms with E-state index in [4.69, 9.17) is 5.11 Å². The molecule has 1 aliphatic rings. The summed E-state index contributed by atoms with van der Waals surface area (Å²) in [5.41, 5.74) is 1.62. The maximum Gasteiger partial charge on any atom is 0.335 e. The quantitative estimate of drug-likeness (QED) is 0.872. The average molecular weight is 291 g/mol. The molecular weight excluding hydrogens is 270 g/mol. The number of urea groups is 1. The summed E-state index contributed by atoms with van der Waals surface area (Å²) in [5.74, 6) is -0.966. The number of hydrogen-bond donors (Lipinski definition) is 2. The van der Waals surface area contributed by atoms with Gasteiger partial charge in [-0.05, 0) is 50.7 Å². The molecule has 0 bridgehead atoms. The summed E-state index contributed by atoms with van der Waals surface area (Å²) in [7, 11) is 2.05. The van der Waals surface area contributed by atoms with E-state index in [0.717, 1.165) is 31.6 Å². The van der Waals surface area contributed by atoms with Crippen LogP contribution < -0.4 is 5.32 Å². The number of hydrogen-bond acceptors (Lipinski definition) is 3. The van der Waals surface area contributed by atoms with Gasteiger partial charge in [0.1, 0.15) is 0 Å². The molecule has 114 valence electrons. The Kier molecular flexibility index (Phi) is 4.80. The van der Waals surface area contributed by atoms with Crippen LogP contribution in [0.15, 0.2) is 18.2 Å². The highest BCUT2D eigenvalue weighted by Gasteiger charge is 2.18. The summed E-state index contributed by atoms with van der Waals surface area (Å²) >= 11 is 0. The molecule has 1 saturated heterocycles. The van der Waals surface area contributed by atoms with Crippen LogP contribution in [-0.4, -0.2) is 60.1 Å². The van der Waals surface area contributed by atoms with Gasteiger partial charge in [-0.15, -0.1) is 0 Å². The van der Waals surface area contributed by atoms with Gasteiger partial charge in [-0.3, -0.25) is 0 Å². The molecule has 0 spiro atoms. The molecule has 1 fully saturated rings. The molecule has 2 amide bonds. The fourth-order valence-electron chi connectivity index (χ4n) is 2.38. The van der Waals surface area contributed by atoms with Crippen LogP contribution in [0.1, 0.15) is 22.3 Å². The fourth-order valence-corrected chi connectivity index (χ4v) is 2.38. The lowest BCUT2D eigenvalue weighted by atomic mass is 10.1. The second kappa shape index (κ2) is 6.58. The van der Waals surface area contributed by atoms with Crippen molar-refractivity contribution in [3.8, 4) is 0 Å². The van der Waals surface area contributed by atoms with Gasteiger partial charge in [0.25, 0.3) is 0 Å². The molecule has 1 aromatic carbocycles. The van der Waals surface area contributed by atoms with Crippen molar-refractivity contribution in [1.82, 2.24) is 9.80 Å². The zero-order valence-electron chi connectivity index (χ0n) is 12.4. The van der Waals surface area contributed by atoms with Crippen molar-refractivity contribution >= 4 is 17.7 Å². The van der Waals surface area contributed by atoms with Crippen molar-refractivity contribution in [3.05, 3.63) is 29.3 Å². The number of carboxylic acids is 1. The molecule has 0 atom stereocenters. The monoisotopic (exact) mass is 291 g/mol. The summed E-state index contributed by atoms with van der Waals surface area (Å²) < 4.78 is 0. The Morgan fingerprint density at radius 2 is 1.95 bits per heavy atom. The summed E-state index contributed by atoms with van der Waals surface area (Å²) in [6, 6.07) is 4.58. The van der Waals surface area contributed by atoms with Gasteiger partial charge in [0.2, 0.25) is 0 Å². The third kappa shape index (κ3) is 3.95. The molecule has 0 unspecified atom stereocenters. The van der Waals surface area contributed by atoms with Gasteiger partial charge in [0.15, 0.2) is 0 Å². The first-order valence-electron chi connectivity index (χ1n) is 7.06. The number of carboxylic acid groups (broad SMARTS) is 1. The smallest absolute Gasteiger partial charge is 0.335 e. The number of rotatable bonds is 2. The number of amides is 2. The standard InChI is InChI=1S/C15H21N3O3/c1-11-10-12(14(19)20)4-5-13(11)16-15(21)18-7-3-6-17(2)8-9-18/h4-5,10H,3,6-9H2,1-2H3,(H,16,21)(H,19,20). The van der Waals surface area contributed by atoms with Gasteiger partial charge in [-0.2, -0.15) is 0 Å². The first-order chi connectivity index (χ1) is 9.97. The molecule has 1 aromatic rings. The Bertz CT molecular complexity index is 545. The van der Waals surface area contributed by atoms with Crippen LogP contribution in [0.4, 0.5) is 10.5 Å². The topological polar surface area (TPSA) is 72.9 Å². The molecule has 1 heterocycles. The number of nitrogens with one attached hydrogen (secondary N) is 1. The summed E-state index contributed by atoms with van der Waals surface area (Å²) in [5, 5.41) is 11.8. The second-order valence-corrected chi connectivity index (χ2v) is 5.41. The van der Waals surface area contributed by atoms with E-state index < -0.39 is 5.97 Å². The maximum atomic E-state index is 12.3. The van der Waals surface area contributed by atoms with Crippen LogP contribution in [0.2, 0.25) is 0 Å². The minimum Gasteiger partial charge on any atom is -0.478 e. The van der Waals surface area contributed by atoms with Crippen molar-refractivity contribution in [2.75, 3.05) is 38.5 Å². The Balaban J connectivity index is 2.03. The Morgan fingerprint density at radius 1 is 1.19 bits per heavy atom. The molecule has 2 N–H and O–H groups in total. The van der Waals surface area contributed by atoms with Gasteiger partial charge in [-0.1, -0.05) is 0 Å². The first kappa shape index (κ1) is 15.3. The van der Waals surface area contributed by atoms with Gasteiger partial charge in [0.05, 0.1) is 5.56 Å². The third-order valence-electron chi connectivity index (χ3n) is 3.72. The van der Waals surface area contributed by atoms with Crippen LogP contribution in [0.3, 0.4) is 0 Å². The van der Waals surface area contributed by atoms with Gasteiger partial charge >= 0.3 is 12.0 Å². The first-order valence-corrected chi connectivity index (χ1v) is 7.06. The zero-order valence-corrected chi connectivity index (χ0v) is 12.4. The van der Waals surface area contributed by atoms with E-state index >= 15 is 0 Å². The van der Waals surface area contributed by atoms with Crippen molar-refractivity contribution in [2.45, 2.75) is 13.3 Å². The molecule has 6 heteroatoms. The van der Waals surface area contributed by atoms with Crippen molar-refractivity contribution in [2.24, 2.45) is 0 Å². The van der Waals surface area contributed by atoms with E-state index in [1.807, 2.05) is 0 Å². The molecule has 2 rings (SSSR count). The highest BCUT2D eigenvalue weighted by molar-refractivity contribution is 5.92. The van der Waals surface area contributed by atoms with Crippen LogP contribution >= 0.6 is 0 Å². The largest absolute Gasteiger partial charge is 0.478 e. The molecule has 0 aromatic heterocycles. The highest BCUT2D eigenvalue weighted by Crippen LogP contribution is 2.17. The summed E-state index contributed by atoms with van der Waals surface area (Å²) in [4.78, 5) is 27.2. The van der Waals surface area contributed by atoms with E-state index in [9.17, 15) is 9.59 Å². The number of likely N-dealkylation sites (N-methyl/N-ethyl adjacent to an activating group) is 1. The lowest BCUT2D eigenvalue weighted by Crippen LogP contribution is -2.37. The van der Waals surface area contributed by atoms with E-state index in [-0.39, 0.29) is 11.6 Å². The molecule has 6 nitrogen and oxygen atoms in total. The zero-order chi connectivity index (χ0) is 15.4. The molecule has 0 aliphatic carbocycles. The lowest BCUT2D eigenvalue weighted by molar-refractivity contribution is 0.0697.